The van der Waals surface area contributed by atoms with Crippen molar-refractivity contribution in [1.82, 2.24) is 24.9 Å². The first-order chi connectivity index (χ1) is 13.8. The molecule has 0 spiro atoms. The van der Waals surface area contributed by atoms with Crippen molar-refractivity contribution in [3.05, 3.63) is 65.2 Å². The van der Waals surface area contributed by atoms with Gasteiger partial charge in [0.15, 0.2) is 6.73 Å². The van der Waals surface area contributed by atoms with Crippen molar-refractivity contribution < 1.29 is 9.53 Å². The molecule has 0 aliphatic heterocycles. The largest absolute Gasteiger partial charge is 0.471 e. The summed E-state index contributed by atoms with van der Waals surface area (Å²) in [6.07, 6.45) is 3.69. The van der Waals surface area contributed by atoms with Crippen LogP contribution in [0.1, 0.15) is 55.0 Å². The van der Waals surface area contributed by atoms with Crippen LogP contribution in [0.15, 0.2) is 42.7 Å². The summed E-state index contributed by atoms with van der Waals surface area (Å²) in [6, 6.07) is 9.73. The monoisotopic (exact) mass is 395 g/mol. The second kappa shape index (κ2) is 8.51. The van der Waals surface area contributed by atoms with E-state index < -0.39 is 0 Å². The zero-order chi connectivity index (χ0) is 21.0. The van der Waals surface area contributed by atoms with Gasteiger partial charge in [-0.3, -0.25) is 9.48 Å². The van der Waals surface area contributed by atoms with Gasteiger partial charge in [-0.05, 0) is 43.0 Å². The maximum Gasteiger partial charge on any atom is 0.272 e. The molecule has 29 heavy (non-hydrogen) atoms. The van der Waals surface area contributed by atoms with Crippen LogP contribution in [0.5, 0.6) is 5.75 Å². The van der Waals surface area contributed by atoms with Crippen LogP contribution in [-0.2, 0) is 25.2 Å². The van der Waals surface area contributed by atoms with Gasteiger partial charge in [0.05, 0.1) is 5.69 Å². The molecular weight excluding hydrogens is 366 g/mol. The van der Waals surface area contributed by atoms with Crippen LogP contribution in [-0.4, -0.2) is 25.5 Å². The third-order valence-electron chi connectivity index (χ3n) is 4.77. The number of aromatic nitrogens is 4. The standard InChI is InChI=1S/C22H29N5O2/c1-6-26-14-17(16(2)24-26)13-23-21(28)20-11-12-27(25-20)15-29-19-9-7-18(8-10-19)22(3,4)5/h7-12,14H,6,13,15H2,1-5H3,(H,23,28). The van der Waals surface area contributed by atoms with Gasteiger partial charge < -0.3 is 10.1 Å². The minimum Gasteiger partial charge on any atom is -0.471 e. The Balaban J connectivity index is 1.53. The average molecular weight is 396 g/mol. The van der Waals surface area contributed by atoms with Crippen molar-refractivity contribution in [2.75, 3.05) is 0 Å². The first kappa shape index (κ1) is 20.6. The Morgan fingerprint density at radius 2 is 1.83 bits per heavy atom. The molecule has 1 amide bonds. The first-order valence-corrected chi connectivity index (χ1v) is 9.84. The molecule has 2 heterocycles. The van der Waals surface area contributed by atoms with Gasteiger partial charge in [-0.25, -0.2) is 4.68 Å². The minimum absolute atomic E-state index is 0.108. The average Bonchev–Trinajstić information content (AvgIpc) is 3.30. The van der Waals surface area contributed by atoms with Gasteiger partial charge in [0.2, 0.25) is 0 Å². The van der Waals surface area contributed by atoms with Crippen molar-refractivity contribution in [3.63, 3.8) is 0 Å². The lowest BCUT2D eigenvalue weighted by Gasteiger charge is -2.19. The predicted octanol–water partition coefficient (Wildman–Crippen LogP) is 3.67. The molecule has 0 bridgehead atoms. The summed E-state index contributed by atoms with van der Waals surface area (Å²) in [5.74, 6) is 0.546. The van der Waals surface area contributed by atoms with Crippen LogP contribution in [0, 0.1) is 6.92 Å². The summed E-state index contributed by atoms with van der Waals surface area (Å²) in [4.78, 5) is 12.4. The van der Waals surface area contributed by atoms with Gasteiger partial charge >= 0.3 is 0 Å². The third kappa shape index (κ3) is 5.25. The van der Waals surface area contributed by atoms with E-state index in [0.717, 1.165) is 23.6 Å². The highest BCUT2D eigenvalue weighted by Gasteiger charge is 2.14. The molecule has 3 rings (SSSR count). The quantitative estimate of drug-likeness (QED) is 0.662. The number of ether oxygens (including phenoxy) is 1. The highest BCUT2D eigenvalue weighted by atomic mass is 16.5. The molecule has 0 unspecified atom stereocenters. The lowest BCUT2D eigenvalue weighted by atomic mass is 9.87. The minimum atomic E-state index is -0.220. The number of benzene rings is 1. The topological polar surface area (TPSA) is 74.0 Å². The first-order valence-electron chi connectivity index (χ1n) is 9.84. The third-order valence-corrected chi connectivity index (χ3v) is 4.77. The summed E-state index contributed by atoms with van der Waals surface area (Å²) in [7, 11) is 0. The number of hydrogen-bond acceptors (Lipinski definition) is 4. The van der Waals surface area contributed by atoms with Crippen molar-refractivity contribution in [2.45, 2.75) is 59.9 Å². The molecular formula is C22H29N5O2. The fourth-order valence-electron chi connectivity index (χ4n) is 2.91. The predicted molar refractivity (Wildman–Crippen MR) is 112 cm³/mol. The van der Waals surface area contributed by atoms with Gasteiger partial charge in [-0.15, -0.1) is 0 Å². The van der Waals surface area contributed by atoms with Crippen LogP contribution in [0.25, 0.3) is 0 Å². The number of carbonyl (C=O) groups is 1. The highest BCUT2D eigenvalue weighted by Crippen LogP contribution is 2.24. The van der Waals surface area contributed by atoms with Crippen LogP contribution >= 0.6 is 0 Å². The SMILES string of the molecule is CCn1cc(CNC(=O)c2ccn(COc3ccc(C(C)(C)C)cc3)n2)c(C)n1. The van der Waals surface area contributed by atoms with Gasteiger partial charge in [0.1, 0.15) is 11.4 Å². The molecule has 0 saturated heterocycles. The molecule has 154 valence electrons. The van der Waals surface area contributed by atoms with Crippen LogP contribution in [0.4, 0.5) is 0 Å². The van der Waals surface area contributed by atoms with E-state index in [1.807, 2.05) is 36.9 Å². The van der Waals surface area contributed by atoms with Gasteiger partial charge in [0, 0.05) is 31.0 Å². The second-order valence-corrected chi connectivity index (χ2v) is 8.07. The Hall–Kier alpha value is -3.09. The normalized spacial score (nSPS) is 11.5. The summed E-state index contributed by atoms with van der Waals surface area (Å²) < 4.78 is 9.23. The summed E-state index contributed by atoms with van der Waals surface area (Å²) in [5, 5.41) is 11.6. The number of rotatable bonds is 7. The molecule has 0 atom stereocenters. The maximum atomic E-state index is 12.4. The van der Waals surface area contributed by atoms with E-state index in [0.29, 0.717) is 12.2 Å². The Bertz CT molecular complexity index is 964. The molecule has 7 nitrogen and oxygen atoms in total. The van der Waals surface area contributed by atoms with Gasteiger partial charge in [0.25, 0.3) is 5.91 Å². The maximum absolute atomic E-state index is 12.4. The Kier molecular flexibility index (Phi) is 6.06. The fourth-order valence-corrected chi connectivity index (χ4v) is 2.91. The second-order valence-electron chi connectivity index (χ2n) is 8.07. The molecule has 0 aliphatic rings. The molecule has 7 heteroatoms. The number of hydrogen-bond donors (Lipinski definition) is 1. The molecule has 0 radical (unpaired) electrons. The smallest absolute Gasteiger partial charge is 0.272 e. The van der Waals surface area contributed by atoms with Crippen molar-refractivity contribution in [1.29, 1.82) is 0 Å². The number of aryl methyl sites for hydroxylation is 2. The van der Waals surface area contributed by atoms with E-state index >= 15 is 0 Å². The Labute approximate surface area is 171 Å². The van der Waals surface area contributed by atoms with E-state index in [-0.39, 0.29) is 18.1 Å². The lowest BCUT2D eigenvalue weighted by Crippen LogP contribution is -2.23. The van der Waals surface area contributed by atoms with Crippen LogP contribution in [0.2, 0.25) is 0 Å². The van der Waals surface area contributed by atoms with Gasteiger partial charge in [-0.2, -0.15) is 10.2 Å². The van der Waals surface area contributed by atoms with Crippen LogP contribution < -0.4 is 10.1 Å². The molecule has 0 aliphatic carbocycles. The summed E-state index contributed by atoms with van der Waals surface area (Å²) in [6.45, 7) is 12.0. The molecule has 1 N–H and O–H groups in total. The van der Waals surface area contributed by atoms with E-state index in [1.165, 1.54) is 5.56 Å². The lowest BCUT2D eigenvalue weighted by molar-refractivity contribution is 0.0944. The molecule has 1 aromatic carbocycles. The molecule has 3 aromatic rings. The zero-order valence-corrected chi connectivity index (χ0v) is 17.8. The summed E-state index contributed by atoms with van der Waals surface area (Å²) in [5.41, 5.74) is 3.64. The molecule has 0 saturated carbocycles. The zero-order valence-electron chi connectivity index (χ0n) is 17.8. The highest BCUT2D eigenvalue weighted by molar-refractivity contribution is 5.92. The van der Waals surface area contributed by atoms with E-state index in [1.54, 1.807) is 16.9 Å². The number of nitrogens with zero attached hydrogens (tertiary/aromatic N) is 4. The van der Waals surface area contributed by atoms with Crippen molar-refractivity contribution in [2.24, 2.45) is 0 Å². The van der Waals surface area contributed by atoms with Gasteiger partial charge in [-0.1, -0.05) is 32.9 Å². The van der Waals surface area contributed by atoms with E-state index in [9.17, 15) is 4.79 Å². The van der Waals surface area contributed by atoms with E-state index in [2.05, 4.69) is 48.4 Å². The number of amides is 1. The molecule has 0 fully saturated rings. The van der Waals surface area contributed by atoms with Crippen molar-refractivity contribution in [3.8, 4) is 5.75 Å². The van der Waals surface area contributed by atoms with Crippen molar-refractivity contribution >= 4 is 5.91 Å². The Morgan fingerprint density at radius 1 is 1.10 bits per heavy atom. The molecule has 2 aromatic heterocycles. The Morgan fingerprint density at radius 3 is 2.45 bits per heavy atom. The summed E-state index contributed by atoms with van der Waals surface area (Å²) >= 11 is 0. The fraction of sp³-hybridized carbons (Fsp3) is 0.409. The number of nitrogens with one attached hydrogen (secondary N) is 1. The van der Waals surface area contributed by atoms with E-state index in [4.69, 9.17) is 4.74 Å². The van der Waals surface area contributed by atoms with Crippen LogP contribution in [0.3, 0.4) is 0 Å². The number of carbonyl (C=O) groups excluding carboxylic acids is 1.